The minimum Gasteiger partial charge on any atom is -0.387 e. The molecular formula is C41H75NO5S. The van der Waals surface area contributed by atoms with Crippen LogP contribution in [0.1, 0.15) is 187 Å². The van der Waals surface area contributed by atoms with Gasteiger partial charge in [0.25, 0.3) is 10.1 Å². The summed E-state index contributed by atoms with van der Waals surface area (Å²) in [6.07, 6.45) is 46.6. The number of amides is 1. The fourth-order valence-electron chi connectivity index (χ4n) is 5.73. The van der Waals surface area contributed by atoms with E-state index in [1.54, 1.807) is 0 Å². The van der Waals surface area contributed by atoms with Crippen molar-refractivity contribution in [2.24, 2.45) is 0 Å². The summed E-state index contributed by atoms with van der Waals surface area (Å²) in [5, 5.41) is 13.2. The fraction of sp³-hybridized carbons (Fsp3) is 0.780. The lowest BCUT2D eigenvalue weighted by molar-refractivity contribution is -0.122. The molecule has 1 amide bonds. The Kier molecular flexibility index (Phi) is 33.9. The SMILES string of the molecule is CCCCC/C=C\C/C=C\CCCCCCCC(=O)NC(CS(=O)(=O)O)C(O)/C=C/CC/C=C/CCCCCCCCCCCCCC. The number of rotatable bonds is 35. The van der Waals surface area contributed by atoms with E-state index in [-0.39, 0.29) is 12.3 Å². The van der Waals surface area contributed by atoms with E-state index in [2.05, 4.69) is 55.6 Å². The summed E-state index contributed by atoms with van der Waals surface area (Å²) >= 11 is 0. The van der Waals surface area contributed by atoms with E-state index in [0.29, 0.717) is 12.8 Å². The van der Waals surface area contributed by atoms with Gasteiger partial charge in [-0.1, -0.05) is 165 Å². The van der Waals surface area contributed by atoms with Gasteiger partial charge in [-0.25, -0.2) is 0 Å². The molecule has 6 nitrogen and oxygen atoms in total. The van der Waals surface area contributed by atoms with Crippen LogP contribution >= 0.6 is 0 Å². The van der Waals surface area contributed by atoms with Gasteiger partial charge in [0.15, 0.2) is 0 Å². The van der Waals surface area contributed by atoms with Crippen molar-refractivity contribution >= 4 is 16.0 Å². The molecular weight excluding hydrogens is 619 g/mol. The van der Waals surface area contributed by atoms with Crippen molar-refractivity contribution in [1.82, 2.24) is 5.32 Å². The first-order valence-corrected chi connectivity index (χ1v) is 21.4. The first-order valence-electron chi connectivity index (χ1n) is 19.8. The summed E-state index contributed by atoms with van der Waals surface area (Å²) in [6, 6.07) is -1.08. The van der Waals surface area contributed by atoms with Crippen molar-refractivity contribution in [2.75, 3.05) is 5.75 Å². The van der Waals surface area contributed by atoms with Gasteiger partial charge in [0.2, 0.25) is 5.91 Å². The molecule has 0 aliphatic carbocycles. The maximum atomic E-state index is 12.5. The quantitative estimate of drug-likeness (QED) is 0.0348. The van der Waals surface area contributed by atoms with Crippen LogP contribution in [0.3, 0.4) is 0 Å². The van der Waals surface area contributed by atoms with Crippen molar-refractivity contribution in [3.8, 4) is 0 Å². The topological polar surface area (TPSA) is 104 Å². The van der Waals surface area contributed by atoms with Gasteiger partial charge >= 0.3 is 0 Å². The molecule has 0 rings (SSSR count). The fourth-order valence-corrected chi connectivity index (χ4v) is 6.46. The molecule has 3 N–H and O–H groups in total. The van der Waals surface area contributed by atoms with Gasteiger partial charge in [-0.05, 0) is 64.2 Å². The second kappa shape index (κ2) is 35.1. The summed E-state index contributed by atoms with van der Waals surface area (Å²) in [6.45, 7) is 4.49. The highest BCUT2D eigenvalue weighted by Gasteiger charge is 2.24. The molecule has 0 aromatic heterocycles. The number of hydrogen-bond donors (Lipinski definition) is 3. The molecule has 7 heteroatoms. The standard InChI is InChI=1S/C41H75NO5S/c1-3-5-7-9-11-13-15-17-19-20-21-23-24-26-28-30-32-34-36-40(43)39(38-48(45,46)47)42-41(44)37-35-33-31-29-27-25-22-18-16-14-12-10-8-6-4-2/h12,14,18,22,26,28,34,36,39-40,43H,3-11,13,15-17,19-21,23-25,27,29-33,35,37-38H2,1-2H3,(H,42,44)(H,45,46,47)/b14-12-,22-18-,28-26+,36-34+. The van der Waals surface area contributed by atoms with Crippen LogP contribution in [0.25, 0.3) is 0 Å². The molecule has 280 valence electrons. The highest BCUT2D eigenvalue weighted by atomic mass is 32.2. The Balaban J connectivity index is 4.02. The van der Waals surface area contributed by atoms with Crippen molar-refractivity contribution in [3.05, 3.63) is 48.6 Å². The third-order valence-corrected chi connectivity index (χ3v) is 9.51. The van der Waals surface area contributed by atoms with E-state index in [0.717, 1.165) is 51.4 Å². The number of nitrogens with one attached hydrogen (secondary N) is 1. The van der Waals surface area contributed by atoms with Crippen LogP contribution in [0.4, 0.5) is 0 Å². The molecule has 0 radical (unpaired) electrons. The molecule has 2 unspecified atom stereocenters. The highest BCUT2D eigenvalue weighted by Crippen LogP contribution is 2.13. The second-order valence-electron chi connectivity index (χ2n) is 13.5. The first-order chi connectivity index (χ1) is 23.3. The molecule has 0 spiro atoms. The maximum absolute atomic E-state index is 12.5. The molecule has 0 aromatic rings. The number of carbonyl (C=O) groups excluding carboxylic acids is 1. The molecule has 48 heavy (non-hydrogen) atoms. The van der Waals surface area contributed by atoms with E-state index in [1.807, 2.05) is 6.08 Å². The van der Waals surface area contributed by atoms with Crippen molar-refractivity contribution in [2.45, 2.75) is 199 Å². The Morgan fingerprint density at radius 1 is 0.562 bits per heavy atom. The minimum absolute atomic E-state index is 0.271. The van der Waals surface area contributed by atoms with Crippen LogP contribution in [0.5, 0.6) is 0 Å². The van der Waals surface area contributed by atoms with Gasteiger partial charge < -0.3 is 10.4 Å². The molecule has 0 heterocycles. The predicted molar refractivity (Wildman–Crippen MR) is 207 cm³/mol. The van der Waals surface area contributed by atoms with E-state index in [4.69, 9.17) is 0 Å². The van der Waals surface area contributed by atoms with Crippen LogP contribution in [-0.4, -0.2) is 41.9 Å². The summed E-state index contributed by atoms with van der Waals surface area (Å²) < 4.78 is 32.4. The monoisotopic (exact) mass is 694 g/mol. The minimum atomic E-state index is -4.36. The number of carbonyl (C=O) groups is 1. The van der Waals surface area contributed by atoms with E-state index < -0.39 is 28.0 Å². The van der Waals surface area contributed by atoms with Crippen LogP contribution in [-0.2, 0) is 14.9 Å². The Labute approximate surface area is 297 Å². The van der Waals surface area contributed by atoms with Gasteiger partial charge in [0.05, 0.1) is 17.9 Å². The number of unbranched alkanes of at least 4 members (excludes halogenated alkanes) is 21. The zero-order chi connectivity index (χ0) is 35.4. The lowest BCUT2D eigenvalue weighted by Gasteiger charge is -2.21. The summed E-state index contributed by atoms with van der Waals surface area (Å²) in [5.41, 5.74) is 0. The van der Waals surface area contributed by atoms with Gasteiger partial charge in [-0.15, -0.1) is 0 Å². The van der Waals surface area contributed by atoms with Gasteiger partial charge in [-0.2, -0.15) is 8.42 Å². The van der Waals surface area contributed by atoms with Crippen LogP contribution in [0.15, 0.2) is 48.6 Å². The summed E-state index contributed by atoms with van der Waals surface area (Å²) in [4.78, 5) is 12.5. The van der Waals surface area contributed by atoms with E-state index in [1.165, 1.54) is 109 Å². The van der Waals surface area contributed by atoms with Crippen molar-refractivity contribution in [3.63, 3.8) is 0 Å². The van der Waals surface area contributed by atoms with Crippen molar-refractivity contribution in [1.29, 1.82) is 0 Å². The Morgan fingerprint density at radius 2 is 0.958 bits per heavy atom. The van der Waals surface area contributed by atoms with Crippen LogP contribution in [0.2, 0.25) is 0 Å². The van der Waals surface area contributed by atoms with E-state index in [9.17, 15) is 22.9 Å². The smallest absolute Gasteiger partial charge is 0.267 e. The van der Waals surface area contributed by atoms with Crippen molar-refractivity contribution < 1.29 is 22.9 Å². The summed E-state index contributed by atoms with van der Waals surface area (Å²) in [7, 11) is -4.36. The molecule has 0 aliphatic rings. The largest absolute Gasteiger partial charge is 0.387 e. The Hall–Kier alpha value is -1.70. The average molecular weight is 694 g/mol. The lowest BCUT2D eigenvalue weighted by Crippen LogP contribution is -2.46. The molecule has 0 aliphatic heterocycles. The van der Waals surface area contributed by atoms with Crippen LogP contribution in [0, 0.1) is 0 Å². The molecule has 0 bridgehead atoms. The van der Waals surface area contributed by atoms with Gasteiger partial charge in [0, 0.05) is 6.42 Å². The number of allylic oxidation sites excluding steroid dienone is 7. The van der Waals surface area contributed by atoms with Gasteiger partial charge in [0.1, 0.15) is 0 Å². The zero-order valence-corrected chi connectivity index (χ0v) is 31.9. The lowest BCUT2D eigenvalue weighted by atomic mass is 10.0. The number of aliphatic hydroxyl groups excluding tert-OH is 1. The highest BCUT2D eigenvalue weighted by molar-refractivity contribution is 7.85. The molecule has 0 saturated heterocycles. The third kappa shape index (κ3) is 35.6. The van der Waals surface area contributed by atoms with Crippen LogP contribution < -0.4 is 5.32 Å². The second-order valence-corrected chi connectivity index (χ2v) is 15.0. The third-order valence-electron chi connectivity index (χ3n) is 8.73. The predicted octanol–water partition coefficient (Wildman–Crippen LogP) is 11.5. The Morgan fingerprint density at radius 3 is 1.48 bits per heavy atom. The molecule has 0 fully saturated rings. The maximum Gasteiger partial charge on any atom is 0.267 e. The molecule has 0 saturated carbocycles. The number of aliphatic hydroxyl groups is 1. The van der Waals surface area contributed by atoms with Gasteiger partial charge in [-0.3, -0.25) is 9.35 Å². The normalized spacial score (nSPS) is 13.8. The number of hydrogen-bond acceptors (Lipinski definition) is 4. The molecule has 2 atom stereocenters. The first kappa shape index (κ1) is 46.3. The summed E-state index contributed by atoms with van der Waals surface area (Å²) in [5.74, 6) is -1.02. The van der Waals surface area contributed by atoms with E-state index >= 15 is 0 Å². The zero-order valence-electron chi connectivity index (χ0n) is 31.1. The Bertz CT molecular complexity index is 940. The average Bonchev–Trinajstić information content (AvgIpc) is 3.05. The molecule has 0 aromatic carbocycles.